The number of nitrogens with zero attached hydrogens (tertiary/aromatic N) is 1. The third-order valence-electron chi connectivity index (χ3n) is 2.16. The van der Waals surface area contributed by atoms with Crippen LogP contribution in [0.2, 0.25) is 0 Å². The predicted octanol–water partition coefficient (Wildman–Crippen LogP) is 2.38. The second-order valence-electron chi connectivity index (χ2n) is 3.93. The first kappa shape index (κ1) is 12.3. The lowest BCUT2D eigenvalue weighted by Crippen LogP contribution is -2.36. The van der Waals surface area contributed by atoms with Crippen LogP contribution in [-0.2, 0) is 16.0 Å². The number of thiazole rings is 1. The molecule has 0 saturated carbocycles. The summed E-state index contributed by atoms with van der Waals surface area (Å²) in [6.45, 7) is 7.98. The van der Waals surface area contributed by atoms with Gasteiger partial charge >= 0.3 is 0 Å². The number of aromatic nitrogens is 1. The number of hydrogen-bond donors (Lipinski definition) is 0. The molecule has 1 heterocycles. The van der Waals surface area contributed by atoms with Crippen molar-refractivity contribution in [2.45, 2.75) is 39.7 Å². The van der Waals surface area contributed by atoms with E-state index in [1.807, 2.05) is 19.2 Å². The molecule has 0 saturated heterocycles. The molecule has 0 fully saturated rings. The molecule has 1 aromatic rings. The van der Waals surface area contributed by atoms with Crippen LogP contribution in [0.3, 0.4) is 0 Å². The van der Waals surface area contributed by atoms with Gasteiger partial charge in [0.15, 0.2) is 5.78 Å². The number of ketones is 1. The molecule has 1 rings (SSSR count). The van der Waals surface area contributed by atoms with Crippen molar-refractivity contribution in [2.24, 2.45) is 0 Å². The fraction of sp³-hybridized carbons (Fsp3) is 0.636. The van der Waals surface area contributed by atoms with Crippen molar-refractivity contribution in [1.82, 2.24) is 4.98 Å². The molecule has 0 N–H and O–H groups in total. The van der Waals surface area contributed by atoms with Crippen LogP contribution >= 0.6 is 11.3 Å². The van der Waals surface area contributed by atoms with Crippen molar-refractivity contribution >= 4 is 17.1 Å². The normalized spacial score (nSPS) is 11.7. The summed E-state index contributed by atoms with van der Waals surface area (Å²) in [6, 6.07) is 0. The van der Waals surface area contributed by atoms with E-state index in [2.05, 4.69) is 4.98 Å². The zero-order valence-corrected chi connectivity index (χ0v) is 10.5. The van der Waals surface area contributed by atoms with Gasteiger partial charge in [0.25, 0.3) is 0 Å². The van der Waals surface area contributed by atoms with Gasteiger partial charge in [0, 0.05) is 17.7 Å². The molecule has 0 radical (unpaired) electrons. The Labute approximate surface area is 94.5 Å². The average molecular weight is 227 g/mol. The van der Waals surface area contributed by atoms with E-state index < -0.39 is 5.60 Å². The topological polar surface area (TPSA) is 39.2 Å². The van der Waals surface area contributed by atoms with E-state index in [1.54, 1.807) is 13.8 Å². The first-order valence-corrected chi connectivity index (χ1v) is 5.92. The van der Waals surface area contributed by atoms with Gasteiger partial charge < -0.3 is 4.74 Å². The van der Waals surface area contributed by atoms with Gasteiger partial charge in [0.1, 0.15) is 10.6 Å². The van der Waals surface area contributed by atoms with E-state index in [4.69, 9.17) is 4.74 Å². The fourth-order valence-corrected chi connectivity index (χ4v) is 2.05. The third-order valence-corrected chi connectivity index (χ3v) is 3.12. The Morgan fingerprint density at radius 3 is 2.73 bits per heavy atom. The molecule has 0 amide bonds. The number of carbonyl (C=O) groups excluding carboxylic acids is 1. The number of ether oxygens (including phenoxy) is 1. The van der Waals surface area contributed by atoms with Crippen LogP contribution < -0.4 is 0 Å². The number of Topliss-reactive ketones (excluding diaryl/α,β-unsaturated/α-hetero) is 1. The van der Waals surface area contributed by atoms with Gasteiger partial charge in [-0.05, 0) is 27.7 Å². The van der Waals surface area contributed by atoms with Crippen LogP contribution in [0.5, 0.6) is 0 Å². The van der Waals surface area contributed by atoms with Gasteiger partial charge in [-0.1, -0.05) is 0 Å². The lowest BCUT2D eigenvalue weighted by Gasteiger charge is -2.22. The van der Waals surface area contributed by atoms with E-state index in [9.17, 15) is 4.79 Å². The van der Waals surface area contributed by atoms with Crippen LogP contribution in [0.4, 0.5) is 0 Å². The molecule has 0 unspecified atom stereocenters. The summed E-state index contributed by atoms with van der Waals surface area (Å²) in [5, 5.41) is 2.82. The SMILES string of the molecule is CCOC(C)(C)C(=O)Cc1nc(C)cs1. The lowest BCUT2D eigenvalue weighted by atomic mass is 10.0. The monoisotopic (exact) mass is 227 g/mol. The molecular weight excluding hydrogens is 210 g/mol. The van der Waals surface area contributed by atoms with Crippen LogP contribution in [0.15, 0.2) is 5.38 Å². The zero-order chi connectivity index (χ0) is 11.5. The van der Waals surface area contributed by atoms with Crippen molar-refractivity contribution in [3.8, 4) is 0 Å². The molecule has 0 aliphatic carbocycles. The molecule has 0 atom stereocenters. The van der Waals surface area contributed by atoms with Crippen molar-refractivity contribution in [3.63, 3.8) is 0 Å². The average Bonchev–Trinajstić information content (AvgIpc) is 2.51. The highest BCUT2D eigenvalue weighted by Gasteiger charge is 2.28. The smallest absolute Gasteiger partial charge is 0.170 e. The fourth-order valence-electron chi connectivity index (χ4n) is 1.28. The minimum atomic E-state index is -0.700. The summed E-state index contributed by atoms with van der Waals surface area (Å²) in [6.07, 6.45) is 0.367. The van der Waals surface area contributed by atoms with Crippen molar-refractivity contribution < 1.29 is 9.53 Å². The van der Waals surface area contributed by atoms with Gasteiger partial charge in [-0.25, -0.2) is 4.98 Å². The summed E-state index contributed by atoms with van der Waals surface area (Å²) in [4.78, 5) is 16.1. The lowest BCUT2D eigenvalue weighted by molar-refractivity contribution is -0.139. The van der Waals surface area contributed by atoms with Crippen LogP contribution in [0.25, 0.3) is 0 Å². The van der Waals surface area contributed by atoms with Crippen molar-refractivity contribution in [2.75, 3.05) is 6.61 Å². The van der Waals surface area contributed by atoms with E-state index in [0.717, 1.165) is 10.7 Å². The largest absolute Gasteiger partial charge is 0.368 e. The molecule has 3 nitrogen and oxygen atoms in total. The maximum atomic E-state index is 11.9. The second-order valence-corrected chi connectivity index (χ2v) is 4.87. The standard InChI is InChI=1S/C11H17NO2S/c1-5-14-11(3,4)9(13)6-10-12-8(2)7-15-10/h7H,5-6H2,1-4H3. The minimum Gasteiger partial charge on any atom is -0.368 e. The maximum absolute atomic E-state index is 11.9. The summed E-state index contributed by atoms with van der Waals surface area (Å²) in [5.74, 6) is 0.0821. The molecule has 15 heavy (non-hydrogen) atoms. The number of hydrogen-bond acceptors (Lipinski definition) is 4. The first-order valence-electron chi connectivity index (χ1n) is 5.04. The highest BCUT2D eigenvalue weighted by molar-refractivity contribution is 7.09. The number of carbonyl (C=O) groups is 1. The Balaban J connectivity index is 2.63. The summed E-state index contributed by atoms with van der Waals surface area (Å²) < 4.78 is 5.40. The van der Waals surface area contributed by atoms with Gasteiger partial charge in [0.05, 0.1) is 6.42 Å². The molecule has 1 aromatic heterocycles. The Morgan fingerprint density at radius 1 is 1.60 bits per heavy atom. The van der Waals surface area contributed by atoms with Crippen LogP contribution in [-0.4, -0.2) is 23.0 Å². The minimum absolute atomic E-state index is 0.0821. The Morgan fingerprint density at radius 2 is 2.27 bits per heavy atom. The first-order chi connectivity index (χ1) is 6.95. The Kier molecular flexibility index (Phi) is 3.99. The zero-order valence-electron chi connectivity index (χ0n) is 9.66. The molecule has 0 aliphatic heterocycles. The van der Waals surface area contributed by atoms with Gasteiger partial charge in [-0.3, -0.25) is 4.79 Å². The van der Waals surface area contributed by atoms with Crippen LogP contribution in [0.1, 0.15) is 31.5 Å². The number of aryl methyl sites for hydroxylation is 1. The summed E-state index contributed by atoms with van der Waals surface area (Å²) in [7, 11) is 0. The second kappa shape index (κ2) is 4.86. The number of rotatable bonds is 5. The van der Waals surface area contributed by atoms with Crippen molar-refractivity contribution in [3.05, 3.63) is 16.1 Å². The van der Waals surface area contributed by atoms with E-state index in [0.29, 0.717) is 13.0 Å². The molecule has 84 valence electrons. The molecule has 0 spiro atoms. The van der Waals surface area contributed by atoms with Gasteiger partial charge in [-0.2, -0.15) is 0 Å². The Bertz CT molecular complexity index is 344. The maximum Gasteiger partial charge on any atom is 0.170 e. The van der Waals surface area contributed by atoms with E-state index >= 15 is 0 Å². The summed E-state index contributed by atoms with van der Waals surface area (Å²) in [5.41, 5.74) is 0.269. The summed E-state index contributed by atoms with van der Waals surface area (Å²) >= 11 is 1.52. The van der Waals surface area contributed by atoms with Crippen molar-refractivity contribution in [1.29, 1.82) is 0 Å². The van der Waals surface area contributed by atoms with E-state index in [1.165, 1.54) is 11.3 Å². The predicted molar refractivity (Wildman–Crippen MR) is 61.3 cm³/mol. The Hall–Kier alpha value is -0.740. The van der Waals surface area contributed by atoms with Gasteiger partial charge in [0.2, 0.25) is 0 Å². The highest BCUT2D eigenvalue weighted by atomic mass is 32.1. The van der Waals surface area contributed by atoms with E-state index in [-0.39, 0.29) is 5.78 Å². The van der Waals surface area contributed by atoms with Gasteiger partial charge in [-0.15, -0.1) is 11.3 Å². The quantitative estimate of drug-likeness (QED) is 0.775. The third kappa shape index (κ3) is 3.39. The molecule has 0 bridgehead atoms. The molecular formula is C11H17NO2S. The molecule has 0 aromatic carbocycles. The molecule has 4 heteroatoms. The highest BCUT2D eigenvalue weighted by Crippen LogP contribution is 2.16. The van der Waals surface area contributed by atoms with Crippen LogP contribution in [0, 0.1) is 6.92 Å². The molecule has 0 aliphatic rings.